The first-order valence-electron chi connectivity index (χ1n) is 9.43. The van der Waals surface area contributed by atoms with E-state index in [9.17, 15) is 10.1 Å². The average molecular weight is 427 g/mol. The maximum Gasteiger partial charge on any atom is 0.310 e. The maximum atomic E-state index is 15.2. The van der Waals surface area contributed by atoms with Crippen LogP contribution in [0.15, 0.2) is 41.5 Å². The summed E-state index contributed by atoms with van der Waals surface area (Å²) in [5.74, 6) is -3.81. The number of nitrogens with two attached hydrogens (primary N) is 1. The summed E-state index contributed by atoms with van der Waals surface area (Å²) in [4.78, 5) is 20.6. The topological polar surface area (TPSA) is 123 Å². The molecule has 2 aliphatic heterocycles. The lowest BCUT2D eigenvalue weighted by molar-refractivity contribution is -0.148. The van der Waals surface area contributed by atoms with Gasteiger partial charge in [-0.15, -0.1) is 0 Å². The van der Waals surface area contributed by atoms with Crippen molar-refractivity contribution in [2.24, 2.45) is 10.7 Å². The van der Waals surface area contributed by atoms with Crippen molar-refractivity contribution in [3.8, 4) is 11.8 Å². The number of benzene rings is 1. The number of carbonyl (C=O) groups excluding carboxylic acids is 1. The number of hydrogen-bond acceptors (Lipinski definition) is 7. The lowest BCUT2D eigenvalue weighted by Crippen LogP contribution is -2.58. The molecule has 1 spiro atoms. The minimum Gasteiger partial charge on any atom is -0.487 e. The van der Waals surface area contributed by atoms with Gasteiger partial charge in [0.25, 0.3) is 11.9 Å². The second-order valence-electron chi connectivity index (χ2n) is 8.02. The number of hydrogen-bond donors (Lipinski definition) is 2. The zero-order valence-electron chi connectivity index (χ0n) is 16.8. The van der Waals surface area contributed by atoms with E-state index in [0.717, 1.165) is 0 Å². The van der Waals surface area contributed by atoms with Crippen LogP contribution < -0.4 is 15.8 Å². The van der Waals surface area contributed by atoms with E-state index in [1.54, 1.807) is 13.8 Å². The molecule has 0 saturated carbocycles. The van der Waals surface area contributed by atoms with Gasteiger partial charge in [-0.2, -0.15) is 14.0 Å². The molecule has 0 aliphatic carbocycles. The van der Waals surface area contributed by atoms with Crippen LogP contribution in [0.1, 0.15) is 41.9 Å². The highest BCUT2D eigenvalue weighted by Gasteiger charge is 2.63. The van der Waals surface area contributed by atoms with E-state index in [0.29, 0.717) is 0 Å². The van der Waals surface area contributed by atoms with E-state index < -0.39 is 29.6 Å². The van der Waals surface area contributed by atoms with Gasteiger partial charge in [0.05, 0.1) is 5.56 Å². The first kappa shape index (κ1) is 20.5. The van der Waals surface area contributed by atoms with Crippen LogP contribution in [0, 0.1) is 11.3 Å². The fourth-order valence-corrected chi connectivity index (χ4v) is 3.94. The molecule has 4 rings (SSSR count). The summed E-state index contributed by atoms with van der Waals surface area (Å²) in [5, 5.41) is 11.8. The van der Waals surface area contributed by atoms with Crippen LogP contribution in [0.2, 0.25) is 0 Å². The quantitative estimate of drug-likeness (QED) is 0.760. The van der Waals surface area contributed by atoms with Crippen molar-refractivity contribution in [3.05, 3.63) is 53.3 Å². The van der Waals surface area contributed by atoms with Crippen molar-refractivity contribution >= 4 is 17.6 Å². The molecule has 1 aromatic carbocycles. The number of ether oxygens (including phenoxy) is 2. The van der Waals surface area contributed by atoms with Gasteiger partial charge in [-0.25, -0.2) is 9.98 Å². The van der Waals surface area contributed by atoms with Gasteiger partial charge in [-0.3, -0.25) is 4.79 Å². The molecule has 8 nitrogen and oxygen atoms in total. The van der Waals surface area contributed by atoms with Crippen molar-refractivity contribution < 1.29 is 23.0 Å². The van der Waals surface area contributed by atoms with Gasteiger partial charge < -0.3 is 20.5 Å². The Morgan fingerprint density at radius 3 is 2.84 bits per heavy atom. The van der Waals surface area contributed by atoms with Gasteiger partial charge in [-0.1, -0.05) is 0 Å². The highest BCUT2D eigenvalue weighted by Crippen LogP contribution is 2.55. The summed E-state index contributed by atoms with van der Waals surface area (Å²) in [5.41, 5.74) is 3.03. The molecular formula is C21H19F2N5O3. The number of nitriles is 1. The van der Waals surface area contributed by atoms with Crippen molar-refractivity contribution in [2.45, 2.75) is 37.3 Å². The van der Waals surface area contributed by atoms with Crippen LogP contribution in [0.3, 0.4) is 0 Å². The molecule has 0 bridgehead atoms. The number of pyridine rings is 1. The Morgan fingerprint density at radius 2 is 2.10 bits per heavy atom. The molecule has 1 amide bonds. The second kappa shape index (κ2) is 6.91. The van der Waals surface area contributed by atoms with E-state index >= 15 is 8.78 Å². The number of rotatable bonds is 2. The van der Waals surface area contributed by atoms with E-state index in [1.165, 1.54) is 36.5 Å². The highest BCUT2D eigenvalue weighted by atomic mass is 19.3. The summed E-state index contributed by atoms with van der Waals surface area (Å²) in [6.07, 6.45) is 1.23. The molecule has 3 N–H and O–H groups in total. The number of amides is 1. The van der Waals surface area contributed by atoms with Gasteiger partial charge in [0, 0.05) is 23.9 Å². The fraction of sp³-hybridized carbons (Fsp3) is 0.333. The smallest absolute Gasteiger partial charge is 0.310 e. The van der Waals surface area contributed by atoms with Crippen molar-refractivity contribution in [1.29, 1.82) is 5.26 Å². The van der Waals surface area contributed by atoms with Gasteiger partial charge >= 0.3 is 5.92 Å². The SMILES string of the molecule is CC1(C)C[C@@]2(N=C(N)OCC2(F)F)c2cc(NC(=O)c3ncccc3C#N)ccc2O1. The number of carbonyl (C=O) groups is 1. The molecule has 0 fully saturated rings. The van der Waals surface area contributed by atoms with E-state index in [4.69, 9.17) is 15.2 Å². The predicted molar refractivity (Wildman–Crippen MR) is 107 cm³/mol. The Balaban J connectivity index is 1.79. The Kier molecular flexibility index (Phi) is 4.57. The van der Waals surface area contributed by atoms with Crippen LogP contribution in [0.25, 0.3) is 0 Å². The molecule has 2 aromatic rings. The monoisotopic (exact) mass is 427 g/mol. The molecule has 3 heterocycles. The molecule has 31 heavy (non-hydrogen) atoms. The Hall–Kier alpha value is -3.74. The number of amidine groups is 1. The Morgan fingerprint density at radius 1 is 1.32 bits per heavy atom. The van der Waals surface area contributed by atoms with Gasteiger partial charge in [0.1, 0.15) is 23.1 Å². The van der Waals surface area contributed by atoms with Crippen molar-refractivity contribution in [2.75, 3.05) is 11.9 Å². The second-order valence-corrected chi connectivity index (χ2v) is 8.02. The zero-order valence-corrected chi connectivity index (χ0v) is 16.8. The molecule has 1 atom stereocenters. The standard InChI is InChI=1S/C21H19F2N5O3/c1-19(2)10-20(21(22,23)11-30-18(25)28-20)14-8-13(5-6-15(14)31-19)27-17(29)16-12(9-24)4-3-7-26-16/h3-8H,10-11H2,1-2H3,(H2,25,28)(H,27,29)/t20-/m1/s1. The van der Waals surface area contributed by atoms with Gasteiger partial charge in [-0.05, 0) is 44.2 Å². The molecule has 10 heteroatoms. The van der Waals surface area contributed by atoms with Crippen LogP contribution in [0.5, 0.6) is 5.75 Å². The maximum absolute atomic E-state index is 15.2. The average Bonchev–Trinajstić information content (AvgIpc) is 2.71. The number of fused-ring (bicyclic) bond motifs is 2. The van der Waals surface area contributed by atoms with Gasteiger partial charge in [0.2, 0.25) is 0 Å². The summed E-state index contributed by atoms with van der Waals surface area (Å²) in [6.45, 7) is 2.46. The third-order valence-electron chi connectivity index (χ3n) is 5.20. The third-order valence-corrected chi connectivity index (χ3v) is 5.20. The number of nitrogens with one attached hydrogen (secondary N) is 1. The fourth-order valence-electron chi connectivity index (χ4n) is 3.94. The summed E-state index contributed by atoms with van der Waals surface area (Å²) >= 11 is 0. The number of anilines is 1. The summed E-state index contributed by atoms with van der Waals surface area (Å²) in [7, 11) is 0. The third kappa shape index (κ3) is 3.42. The molecule has 1 aromatic heterocycles. The van der Waals surface area contributed by atoms with Crippen LogP contribution in [0.4, 0.5) is 14.5 Å². The van der Waals surface area contributed by atoms with Gasteiger partial charge in [0.15, 0.2) is 12.1 Å². The molecule has 2 aliphatic rings. The lowest BCUT2D eigenvalue weighted by atomic mass is 9.73. The van der Waals surface area contributed by atoms with Crippen molar-refractivity contribution in [3.63, 3.8) is 0 Å². The predicted octanol–water partition coefficient (Wildman–Crippen LogP) is 2.94. The molecular weight excluding hydrogens is 408 g/mol. The normalized spacial score (nSPS) is 22.9. The van der Waals surface area contributed by atoms with Crippen LogP contribution >= 0.6 is 0 Å². The lowest BCUT2D eigenvalue weighted by Gasteiger charge is -2.48. The number of aliphatic imine (C=N–C) groups is 1. The minimum absolute atomic E-state index is 0.0755. The van der Waals surface area contributed by atoms with Crippen LogP contribution in [-0.2, 0) is 10.3 Å². The van der Waals surface area contributed by atoms with E-state index in [1.807, 2.05) is 6.07 Å². The molecule has 0 saturated heterocycles. The molecule has 0 radical (unpaired) electrons. The summed E-state index contributed by atoms with van der Waals surface area (Å²) < 4.78 is 41.2. The van der Waals surface area contributed by atoms with E-state index in [-0.39, 0.29) is 40.7 Å². The molecule has 160 valence electrons. The number of nitrogens with zero attached hydrogens (tertiary/aromatic N) is 3. The Labute approximate surface area is 176 Å². The van der Waals surface area contributed by atoms with E-state index in [2.05, 4.69) is 15.3 Å². The molecule has 0 unspecified atom stereocenters. The Bertz CT molecular complexity index is 1140. The minimum atomic E-state index is -3.37. The van der Waals surface area contributed by atoms with Crippen LogP contribution in [-0.4, -0.2) is 35.0 Å². The number of aromatic nitrogens is 1. The largest absolute Gasteiger partial charge is 0.487 e. The first-order valence-corrected chi connectivity index (χ1v) is 9.43. The zero-order chi connectivity index (χ0) is 22.4. The summed E-state index contributed by atoms with van der Waals surface area (Å²) in [6, 6.07) is 8.95. The number of alkyl halides is 2. The van der Waals surface area contributed by atoms with Crippen molar-refractivity contribution in [1.82, 2.24) is 4.98 Å². The number of halogens is 2. The highest BCUT2D eigenvalue weighted by molar-refractivity contribution is 6.04. The first-order chi connectivity index (χ1) is 14.6.